The standard InChI is InChI=1S/C12H17ClF2N2O2S/c1-16(2)20(18,19)11-6-4-3-5-10(11)17(8-7-13)9-12(14)15/h3-6,12H,7-9H2,1-2H3. The van der Waals surface area contributed by atoms with Gasteiger partial charge in [0.25, 0.3) is 6.43 Å². The fourth-order valence-electron chi connectivity index (χ4n) is 1.71. The first-order chi connectivity index (χ1) is 9.30. The minimum absolute atomic E-state index is 0.00392. The number of anilines is 1. The molecule has 0 saturated heterocycles. The molecule has 0 amide bonds. The largest absolute Gasteiger partial charge is 0.364 e. The van der Waals surface area contributed by atoms with Crippen LogP contribution in [0.2, 0.25) is 0 Å². The first kappa shape index (κ1) is 17.1. The van der Waals surface area contributed by atoms with E-state index in [0.29, 0.717) is 0 Å². The van der Waals surface area contributed by atoms with Gasteiger partial charge in [-0.15, -0.1) is 11.6 Å². The second-order valence-corrected chi connectivity index (χ2v) is 6.78. The molecular formula is C12H17ClF2N2O2S. The van der Waals surface area contributed by atoms with Crippen molar-refractivity contribution in [1.29, 1.82) is 0 Å². The van der Waals surface area contributed by atoms with Gasteiger partial charge in [0.05, 0.1) is 12.2 Å². The molecule has 0 aliphatic carbocycles. The minimum Gasteiger partial charge on any atom is -0.364 e. The lowest BCUT2D eigenvalue weighted by atomic mass is 10.3. The van der Waals surface area contributed by atoms with Gasteiger partial charge in [-0.05, 0) is 12.1 Å². The number of sulfonamides is 1. The first-order valence-corrected chi connectivity index (χ1v) is 7.88. The van der Waals surface area contributed by atoms with Crippen LogP contribution in [-0.2, 0) is 10.0 Å². The van der Waals surface area contributed by atoms with Gasteiger partial charge in [0.15, 0.2) is 0 Å². The highest BCUT2D eigenvalue weighted by Crippen LogP contribution is 2.27. The molecule has 0 saturated carbocycles. The minimum atomic E-state index is -3.70. The van der Waals surface area contributed by atoms with E-state index in [-0.39, 0.29) is 23.0 Å². The quantitative estimate of drug-likeness (QED) is 0.722. The van der Waals surface area contributed by atoms with E-state index in [1.807, 2.05) is 0 Å². The summed E-state index contributed by atoms with van der Waals surface area (Å²) in [4.78, 5) is 1.28. The molecule has 114 valence electrons. The van der Waals surface area contributed by atoms with Gasteiger partial charge >= 0.3 is 0 Å². The highest BCUT2D eigenvalue weighted by molar-refractivity contribution is 7.89. The maximum absolute atomic E-state index is 12.6. The van der Waals surface area contributed by atoms with Crippen molar-refractivity contribution in [3.8, 4) is 0 Å². The van der Waals surface area contributed by atoms with Gasteiger partial charge in [-0.2, -0.15) is 0 Å². The molecule has 8 heteroatoms. The van der Waals surface area contributed by atoms with Crippen LogP contribution in [0, 0.1) is 0 Å². The van der Waals surface area contributed by atoms with Crippen LogP contribution in [0.1, 0.15) is 0 Å². The van der Waals surface area contributed by atoms with Gasteiger partial charge in [-0.3, -0.25) is 0 Å². The number of hydrogen-bond donors (Lipinski definition) is 0. The number of hydrogen-bond acceptors (Lipinski definition) is 3. The Kier molecular flexibility index (Phi) is 6.16. The SMILES string of the molecule is CN(C)S(=O)(=O)c1ccccc1N(CCCl)CC(F)F. The summed E-state index contributed by atoms with van der Waals surface area (Å²) >= 11 is 5.61. The summed E-state index contributed by atoms with van der Waals surface area (Å²) in [6, 6.07) is 6.07. The summed E-state index contributed by atoms with van der Waals surface area (Å²) in [6.45, 7) is -0.418. The van der Waals surface area contributed by atoms with Crippen LogP contribution < -0.4 is 4.90 Å². The lowest BCUT2D eigenvalue weighted by molar-refractivity contribution is 0.155. The normalized spacial score (nSPS) is 12.2. The lowest BCUT2D eigenvalue weighted by Crippen LogP contribution is -2.33. The van der Waals surface area contributed by atoms with Crippen molar-refractivity contribution in [3.05, 3.63) is 24.3 Å². The highest BCUT2D eigenvalue weighted by atomic mass is 35.5. The van der Waals surface area contributed by atoms with Crippen LogP contribution >= 0.6 is 11.6 Å². The fourth-order valence-corrected chi connectivity index (χ4v) is 3.02. The average molecular weight is 327 g/mol. The molecule has 0 aliphatic rings. The molecule has 0 aliphatic heterocycles. The van der Waals surface area contributed by atoms with Crippen molar-refractivity contribution in [2.45, 2.75) is 11.3 Å². The molecule has 0 spiro atoms. The van der Waals surface area contributed by atoms with Crippen molar-refractivity contribution in [2.75, 3.05) is 38.0 Å². The Morgan fingerprint density at radius 1 is 1.25 bits per heavy atom. The third kappa shape index (κ3) is 4.04. The molecule has 1 aromatic rings. The summed E-state index contributed by atoms with van der Waals surface area (Å²) in [7, 11) is -0.915. The fraction of sp³-hybridized carbons (Fsp3) is 0.500. The third-order valence-corrected chi connectivity index (χ3v) is 4.71. The molecule has 0 bridgehead atoms. The summed E-state index contributed by atoms with van der Waals surface area (Å²) in [5.74, 6) is 0.128. The second kappa shape index (κ2) is 7.19. The molecule has 0 aromatic heterocycles. The zero-order valence-corrected chi connectivity index (χ0v) is 12.8. The number of rotatable bonds is 7. The molecular weight excluding hydrogens is 310 g/mol. The number of alkyl halides is 3. The molecule has 20 heavy (non-hydrogen) atoms. The molecule has 0 N–H and O–H groups in total. The molecule has 0 atom stereocenters. The lowest BCUT2D eigenvalue weighted by Gasteiger charge is -2.26. The number of para-hydroxylation sites is 1. The molecule has 0 heterocycles. The summed E-state index contributed by atoms with van der Waals surface area (Å²) < 4.78 is 50.8. The van der Waals surface area contributed by atoms with Crippen molar-refractivity contribution in [1.82, 2.24) is 4.31 Å². The predicted octanol–water partition coefficient (Wildman–Crippen LogP) is 2.25. The molecule has 0 unspecified atom stereocenters. The van der Waals surface area contributed by atoms with Gasteiger partial charge < -0.3 is 4.90 Å². The monoisotopic (exact) mass is 326 g/mol. The van der Waals surface area contributed by atoms with Crippen molar-refractivity contribution >= 4 is 27.3 Å². The summed E-state index contributed by atoms with van der Waals surface area (Å²) in [5, 5.41) is 0. The highest BCUT2D eigenvalue weighted by Gasteiger charge is 2.24. The zero-order valence-electron chi connectivity index (χ0n) is 11.3. The van der Waals surface area contributed by atoms with Crippen LogP contribution in [0.15, 0.2) is 29.2 Å². The maximum atomic E-state index is 12.6. The Bertz CT molecular complexity index is 538. The summed E-state index contributed by atoms with van der Waals surface area (Å²) in [5.41, 5.74) is 0.238. The van der Waals surface area contributed by atoms with E-state index < -0.39 is 23.0 Å². The first-order valence-electron chi connectivity index (χ1n) is 5.91. The van der Waals surface area contributed by atoms with Gasteiger partial charge in [0, 0.05) is 26.5 Å². The number of benzene rings is 1. The Hall–Kier alpha value is -0.920. The Morgan fingerprint density at radius 3 is 2.35 bits per heavy atom. The number of halogens is 3. The van der Waals surface area contributed by atoms with Gasteiger partial charge in [-0.25, -0.2) is 21.5 Å². The predicted molar refractivity (Wildman–Crippen MR) is 76.3 cm³/mol. The molecule has 1 aromatic carbocycles. The van der Waals surface area contributed by atoms with Gasteiger partial charge in [0.1, 0.15) is 4.90 Å². The molecule has 1 rings (SSSR count). The van der Waals surface area contributed by atoms with E-state index in [1.165, 1.54) is 31.1 Å². The smallest absolute Gasteiger partial charge is 0.255 e. The van der Waals surface area contributed by atoms with E-state index in [9.17, 15) is 17.2 Å². The molecule has 0 radical (unpaired) electrons. The second-order valence-electron chi connectivity index (χ2n) is 4.28. The van der Waals surface area contributed by atoms with Crippen LogP contribution in [-0.4, -0.2) is 52.2 Å². The molecule has 4 nitrogen and oxygen atoms in total. The molecule has 0 fully saturated rings. The van der Waals surface area contributed by atoms with Crippen LogP contribution in [0.25, 0.3) is 0 Å². The van der Waals surface area contributed by atoms with Crippen LogP contribution in [0.4, 0.5) is 14.5 Å². The van der Waals surface area contributed by atoms with Crippen molar-refractivity contribution in [2.24, 2.45) is 0 Å². The Balaban J connectivity index is 3.29. The van der Waals surface area contributed by atoms with E-state index in [1.54, 1.807) is 12.1 Å². The van der Waals surface area contributed by atoms with Crippen molar-refractivity contribution < 1.29 is 17.2 Å². The van der Waals surface area contributed by atoms with Gasteiger partial charge in [0.2, 0.25) is 10.0 Å². The van der Waals surface area contributed by atoms with Crippen LogP contribution in [0.5, 0.6) is 0 Å². The maximum Gasteiger partial charge on any atom is 0.255 e. The van der Waals surface area contributed by atoms with Crippen LogP contribution in [0.3, 0.4) is 0 Å². The third-order valence-electron chi connectivity index (χ3n) is 2.68. The Labute approximate surface area is 123 Å². The van der Waals surface area contributed by atoms with E-state index in [2.05, 4.69) is 0 Å². The van der Waals surface area contributed by atoms with E-state index in [4.69, 9.17) is 11.6 Å². The van der Waals surface area contributed by atoms with Crippen molar-refractivity contribution in [3.63, 3.8) is 0 Å². The number of nitrogens with zero attached hydrogens (tertiary/aromatic N) is 2. The summed E-state index contributed by atoms with van der Waals surface area (Å²) in [6.07, 6.45) is -2.58. The topological polar surface area (TPSA) is 40.6 Å². The van der Waals surface area contributed by atoms with E-state index >= 15 is 0 Å². The van der Waals surface area contributed by atoms with E-state index in [0.717, 1.165) is 4.31 Å². The Morgan fingerprint density at radius 2 is 1.85 bits per heavy atom. The van der Waals surface area contributed by atoms with Gasteiger partial charge in [-0.1, -0.05) is 12.1 Å². The average Bonchev–Trinajstić information content (AvgIpc) is 2.37. The zero-order chi connectivity index (χ0) is 15.3.